The van der Waals surface area contributed by atoms with Crippen LogP contribution in [0.25, 0.3) is 10.6 Å². The van der Waals surface area contributed by atoms with Crippen LogP contribution in [0.1, 0.15) is 11.3 Å². The van der Waals surface area contributed by atoms with Gasteiger partial charge >= 0.3 is 0 Å². The monoisotopic (exact) mass is 352 g/mol. The molecule has 0 fully saturated rings. The van der Waals surface area contributed by atoms with Crippen molar-refractivity contribution in [2.24, 2.45) is 0 Å². The highest BCUT2D eigenvalue weighted by Gasteiger charge is 2.14. The van der Waals surface area contributed by atoms with Crippen molar-refractivity contribution in [2.75, 3.05) is 14.2 Å². The number of nitriles is 1. The summed E-state index contributed by atoms with van der Waals surface area (Å²) in [5.74, 6) is 2.04. The molecule has 126 valence electrons. The number of aromatic nitrogens is 1. The number of hydrogen-bond donors (Lipinski definition) is 0. The van der Waals surface area contributed by atoms with Crippen molar-refractivity contribution in [3.05, 3.63) is 59.1 Å². The van der Waals surface area contributed by atoms with Gasteiger partial charge in [0.1, 0.15) is 17.4 Å². The molecule has 0 radical (unpaired) electrons. The van der Waals surface area contributed by atoms with Crippen LogP contribution in [0.2, 0.25) is 0 Å². The Morgan fingerprint density at radius 1 is 1.08 bits per heavy atom. The molecule has 0 spiro atoms. The molecule has 0 saturated carbocycles. The first-order valence-corrected chi connectivity index (χ1v) is 8.42. The Labute approximate surface area is 150 Å². The molecule has 0 unspecified atom stereocenters. The molecular formula is C19H16N2O3S. The van der Waals surface area contributed by atoms with Gasteiger partial charge in [-0.2, -0.15) is 5.26 Å². The first-order valence-electron chi connectivity index (χ1n) is 7.54. The lowest BCUT2D eigenvalue weighted by molar-refractivity contribution is 0.302. The molecule has 1 heterocycles. The molecular weight excluding hydrogens is 336 g/mol. The maximum absolute atomic E-state index is 8.81. The van der Waals surface area contributed by atoms with Crippen molar-refractivity contribution in [1.82, 2.24) is 4.98 Å². The maximum Gasteiger partial charge on any atom is 0.170 e. The maximum atomic E-state index is 8.81. The van der Waals surface area contributed by atoms with E-state index in [1.54, 1.807) is 38.5 Å². The second-order valence-electron chi connectivity index (χ2n) is 5.11. The quantitative estimate of drug-likeness (QED) is 0.662. The first-order chi connectivity index (χ1) is 12.2. The Bertz CT molecular complexity index is 898. The van der Waals surface area contributed by atoms with Gasteiger partial charge in [0.2, 0.25) is 0 Å². The molecule has 5 nitrogen and oxygen atoms in total. The van der Waals surface area contributed by atoms with E-state index in [2.05, 4.69) is 11.1 Å². The lowest BCUT2D eigenvalue weighted by Crippen LogP contribution is -1.96. The van der Waals surface area contributed by atoms with E-state index >= 15 is 0 Å². The van der Waals surface area contributed by atoms with Crippen LogP contribution in [0.15, 0.2) is 47.8 Å². The Kier molecular flexibility index (Phi) is 5.17. The van der Waals surface area contributed by atoms with Gasteiger partial charge in [-0.3, -0.25) is 0 Å². The number of ether oxygens (including phenoxy) is 3. The summed E-state index contributed by atoms with van der Waals surface area (Å²) in [6.07, 6.45) is 0. The van der Waals surface area contributed by atoms with E-state index in [0.717, 1.165) is 16.3 Å². The largest absolute Gasteiger partial charge is 0.493 e. The standard InChI is InChI=1S/C19H16N2O3S/c1-22-17-5-3-4-16(18(17)23-2)19-21-14(12-25-19)11-24-15-8-6-13(10-20)7-9-15/h3-9,12H,11H2,1-2H3. The molecule has 0 aliphatic carbocycles. The number of nitrogens with zero attached hydrogens (tertiary/aromatic N) is 2. The van der Waals surface area contributed by atoms with Crippen LogP contribution in [-0.4, -0.2) is 19.2 Å². The molecule has 0 saturated heterocycles. The smallest absolute Gasteiger partial charge is 0.170 e. The van der Waals surface area contributed by atoms with Gasteiger partial charge in [-0.15, -0.1) is 11.3 Å². The zero-order chi connectivity index (χ0) is 17.6. The second-order valence-corrected chi connectivity index (χ2v) is 5.97. The normalized spacial score (nSPS) is 10.1. The molecule has 25 heavy (non-hydrogen) atoms. The van der Waals surface area contributed by atoms with E-state index in [4.69, 9.17) is 19.5 Å². The molecule has 1 aromatic heterocycles. The molecule has 0 N–H and O–H groups in total. The summed E-state index contributed by atoms with van der Waals surface area (Å²) in [6, 6.07) is 14.8. The lowest BCUT2D eigenvalue weighted by Gasteiger charge is -2.10. The Hall–Kier alpha value is -3.04. The van der Waals surface area contributed by atoms with Gasteiger partial charge in [0.15, 0.2) is 11.5 Å². The van der Waals surface area contributed by atoms with Gasteiger partial charge < -0.3 is 14.2 Å². The summed E-state index contributed by atoms with van der Waals surface area (Å²) < 4.78 is 16.5. The van der Waals surface area contributed by atoms with Crippen molar-refractivity contribution in [3.8, 4) is 33.9 Å². The summed E-state index contributed by atoms with van der Waals surface area (Å²) in [7, 11) is 3.23. The number of methoxy groups -OCH3 is 2. The number of benzene rings is 2. The predicted octanol–water partition coefficient (Wildman–Crippen LogP) is 4.28. The molecule has 0 bridgehead atoms. The highest BCUT2D eigenvalue weighted by Crippen LogP contribution is 2.39. The predicted molar refractivity (Wildman–Crippen MR) is 96.1 cm³/mol. The van der Waals surface area contributed by atoms with Crippen molar-refractivity contribution >= 4 is 11.3 Å². The summed E-state index contributed by atoms with van der Waals surface area (Å²) in [4.78, 5) is 4.62. The van der Waals surface area contributed by atoms with Crippen LogP contribution in [0.3, 0.4) is 0 Å². The van der Waals surface area contributed by atoms with Crippen LogP contribution in [0.4, 0.5) is 0 Å². The van der Waals surface area contributed by atoms with Crippen molar-refractivity contribution in [1.29, 1.82) is 5.26 Å². The van der Waals surface area contributed by atoms with Crippen LogP contribution >= 0.6 is 11.3 Å². The minimum Gasteiger partial charge on any atom is -0.493 e. The minimum absolute atomic E-state index is 0.356. The minimum atomic E-state index is 0.356. The number of rotatable bonds is 6. The second kappa shape index (κ2) is 7.69. The van der Waals surface area contributed by atoms with Crippen LogP contribution in [0.5, 0.6) is 17.2 Å². The molecule has 3 rings (SSSR count). The SMILES string of the molecule is COc1cccc(-c2nc(COc3ccc(C#N)cc3)cs2)c1OC. The fraction of sp³-hybridized carbons (Fsp3) is 0.158. The number of hydrogen-bond acceptors (Lipinski definition) is 6. The molecule has 6 heteroatoms. The van der Waals surface area contributed by atoms with Gasteiger partial charge in [-0.1, -0.05) is 6.07 Å². The van der Waals surface area contributed by atoms with E-state index in [-0.39, 0.29) is 0 Å². The highest BCUT2D eigenvalue weighted by atomic mass is 32.1. The molecule has 0 amide bonds. The van der Waals surface area contributed by atoms with E-state index < -0.39 is 0 Å². The first kappa shape index (κ1) is 16.8. The summed E-state index contributed by atoms with van der Waals surface area (Å²) in [5.41, 5.74) is 2.32. The van der Waals surface area contributed by atoms with Gasteiger partial charge in [0.05, 0.1) is 37.1 Å². The summed E-state index contributed by atoms with van der Waals surface area (Å²) in [6.45, 7) is 0.356. The van der Waals surface area contributed by atoms with E-state index in [0.29, 0.717) is 29.4 Å². The molecule has 0 aliphatic rings. The third kappa shape index (κ3) is 3.73. The Morgan fingerprint density at radius 3 is 2.56 bits per heavy atom. The Morgan fingerprint density at radius 2 is 1.88 bits per heavy atom. The average molecular weight is 352 g/mol. The number of para-hydroxylation sites is 1. The van der Waals surface area contributed by atoms with E-state index in [9.17, 15) is 0 Å². The zero-order valence-corrected chi connectivity index (χ0v) is 14.7. The highest BCUT2D eigenvalue weighted by molar-refractivity contribution is 7.13. The molecule has 2 aromatic carbocycles. The van der Waals surface area contributed by atoms with Crippen molar-refractivity contribution < 1.29 is 14.2 Å². The van der Waals surface area contributed by atoms with Crippen molar-refractivity contribution in [3.63, 3.8) is 0 Å². The lowest BCUT2D eigenvalue weighted by atomic mass is 10.2. The summed E-state index contributed by atoms with van der Waals surface area (Å²) >= 11 is 1.52. The number of thiazole rings is 1. The zero-order valence-electron chi connectivity index (χ0n) is 13.9. The molecule has 3 aromatic rings. The van der Waals surface area contributed by atoms with Crippen LogP contribution in [-0.2, 0) is 6.61 Å². The topological polar surface area (TPSA) is 64.4 Å². The summed E-state index contributed by atoms with van der Waals surface area (Å²) in [5, 5.41) is 11.6. The fourth-order valence-corrected chi connectivity index (χ4v) is 3.16. The fourth-order valence-electron chi connectivity index (χ4n) is 2.34. The molecule has 0 atom stereocenters. The van der Waals surface area contributed by atoms with Gasteiger partial charge in [-0.05, 0) is 36.4 Å². The van der Waals surface area contributed by atoms with E-state index in [1.807, 2.05) is 23.6 Å². The van der Waals surface area contributed by atoms with Crippen LogP contribution < -0.4 is 14.2 Å². The van der Waals surface area contributed by atoms with Gasteiger partial charge in [0.25, 0.3) is 0 Å². The van der Waals surface area contributed by atoms with Gasteiger partial charge in [0, 0.05) is 5.38 Å². The van der Waals surface area contributed by atoms with E-state index in [1.165, 1.54) is 11.3 Å². The van der Waals surface area contributed by atoms with Crippen LogP contribution in [0, 0.1) is 11.3 Å². The molecule has 0 aliphatic heterocycles. The third-order valence-electron chi connectivity index (χ3n) is 3.56. The van der Waals surface area contributed by atoms with Crippen molar-refractivity contribution in [2.45, 2.75) is 6.61 Å². The third-order valence-corrected chi connectivity index (χ3v) is 4.48. The van der Waals surface area contributed by atoms with Gasteiger partial charge in [-0.25, -0.2) is 4.98 Å². The Balaban J connectivity index is 1.75. The average Bonchev–Trinajstić information content (AvgIpc) is 3.14.